The van der Waals surface area contributed by atoms with Gasteiger partial charge in [0.05, 0.1) is 10.6 Å². The van der Waals surface area contributed by atoms with Crippen LogP contribution < -0.4 is 9.62 Å². The van der Waals surface area contributed by atoms with Crippen LogP contribution in [0.15, 0.2) is 108 Å². The molecule has 0 spiro atoms. The number of carbonyl (C=O) groups excluding carboxylic acids is 2. The fourth-order valence-electron chi connectivity index (χ4n) is 4.97. The maximum atomic E-state index is 14.5. The lowest BCUT2D eigenvalue weighted by Crippen LogP contribution is -2.53. The maximum absolute atomic E-state index is 14.5. The molecule has 0 unspecified atom stereocenters. The van der Waals surface area contributed by atoms with Crippen LogP contribution in [0.4, 0.5) is 5.69 Å². The van der Waals surface area contributed by atoms with E-state index < -0.39 is 28.5 Å². The van der Waals surface area contributed by atoms with Crippen molar-refractivity contribution in [3.8, 4) is 0 Å². The highest BCUT2D eigenvalue weighted by Crippen LogP contribution is 2.26. The normalized spacial score (nSPS) is 11.9. The van der Waals surface area contributed by atoms with E-state index in [0.717, 1.165) is 39.4 Å². The van der Waals surface area contributed by atoms with Gasteiger partial charge in [-0.1, -0.05) is 103 Å². The molecule has 0 saturated heterocycles. The van der Waals surface area contributed by atoms with E-state index in [2.05, 4.69) is 5.32 Å². The van der Waals surface area contributed by atoms with Crippen molar-refractivity contribution in [1.82, 2.24) is 10.2 Å². The van der Waals surface area contributed by atoms with E-state index in [1.807, 2.05) is 57.2 Å². The van der Waals surface area contributed by atoms with Gasteiger partial charge in [0, 0.05) is 24.5 Å². The molecular weight excluding hydrogens is 606 g/mol. The Labute approximate surface area is 271 Å². The van der Waals surface area contributed by atoms with Crippen molar-refractivity contribution in [1.29, 1.82) is 0 Å². The zero-order chi connectivity index (χ0) is 32.4. The summed E-state index contributed by atoms with van der Waals surface area (Å²) in [6.07, 6.45) is 1.94. The fourth-order valence-corrected chi connectivity index (χ4v) is 6.60. The summed E-state index contributed by atoms with van der Waals surface area (Å²) in [7, 11) is -4.15. The Morgan fingerprint density at radius 2 is 1.44 bits per heavy atom. The van der Waals surface area contributed by atoms with Crippen molar-refractivity contribution in [2.24, 2.45) is 0 Å². The van der Waals surface area contributed by atoms with Crippen molar-refractivity contribution in [2.45, 2.75) is 57.5 Å². The van der Waals surface area contributed by atoms with Gasteiger partial charge in [-0.3, -0.25) is 13.9 Å². The molecule has 4 rings (SSSR count). The number of carbonyl (C=O) groups is 2. The van der Waals surface area contributed by atoms with E-state index in [0.29, 0.717) is 17.3 Å². The summed E-state index contributed by atoms with van der Waals surface area (Å²) in [4.78, 5) is 29.8. The predicted octanol–water partition coefficient (Wildman–Crippen LogP) is 6.71. The molecule has 0 heterocycles. The van der Waals surface area contributed by atoms with Crippen LogP contribution in [0.1, 0.15) is 42.0 Å². The Bertz CT molecular complexity index is 1680. The third kappa shape index (κ3) is 9.19. The molecule has 0 aliphatic heterocycles. The number of rotatable bonds is 14. The van der Waals surface area contributed by atoms with Crippen LogP contribution in [-0.2, 0) is 32.6 Å². The van der Waals surface area contributed by atoms with Gasteiger partial charge in [-0.25, -0.2) is 8.42 Å². The Kier molecular flexibility index (Phi) is 11.8. The Morgan fingerprint density at radius 1 is 0.822 bits per heavy atom. The number of anilines is 1. The van der Waals surface area contributed by atoms with Gasteiger partial charge in [-0.2, -0.15) is 0 Å². The zero-order valence-corrected chi connectivity index (χ0v) is 27.5. The van der Waals surface area contributed by atoms with Gasteiger partial charge in [-0.15, -0.1) is 0 Å². The number of unbranched alkanes of at least 4 members (excludes halogenated alkanes) is 1. The highest BCUT2D eigenvalue weighted by atomic mass is 35.5. The van der Waals surface area contributed by atoms with Gasteiger partial charge < -0.3 is 10.2 Å². The van der Waals surface area contributed by atoms with Crippen molar-refractivity contribution < 1.29 is 18.0 Å². The van der Waals surface area contributed by atoms with Crippen molar-refractivity contribution in [3.05, 3.63) is 130 Å². The van der Waals surface area contributed by atoms with Gasteiger partial charge >= 0.3 is 0 Å². The molecule has 1 N–H and O–H groups in total. The van der Waals surface area contributed by atoms with Crippen LogP contribution in [0, 0.1) is 13.8 Å². The molecule has 0 aliphatic carbocycles. The minimum Gasteiger partial charge on any atom is -0.354 e. The number of nitrogens with one attached hydrogen (secondary N) is 1. The van der Waals surface area contributed by atoms with Gasteiger partial charge in [0.1, 0.15) is 12.6 Å². The average Bonchev–Trinajstić information content (AvgIpc) is 3.02. The summed E-state index contributed by atoms with van der Waals surface area (Å²) in [6.45, 7) is 5.85. The van der Waals surface area contributed by atoms with Crippen molar-refractivity contribution in [2.75, 3.05) is 17.4 Å². The number of halogens is 1. The first kappa shape index (κ1) is 33.7. The lowest BCUT2D eigenvalue weighted by Gasteiger charge is -2.34. The van der Waals surface area contributed by atoms with Gasteiger partial charge in [0.15, 0.2) is 0 Å². The number of amides is 2. The molecule has 236 valence electrons. The van der Waals surface area contributed by atoms with Crippen molar-refractivity contribution >= 4 is 39.1 Å². The molecule has 0 bridgehead atoms. The second-order valence-electron chi connectivity index (χ2n) is 11.2. The van der Waals surface area contributed by atoms with Gasteiger partial charge in [-0.05, 0) is 67.8 Å². The minimum absolute atomic E-state index is 0.0599. The first-order valence-electron chi connectivity index (χ1n) is 15.1. The van der Waals surface area contributed by atoms with Crippen LogP contribution in [0.3, 0.4) is 0 Å². The van der Waals surface area contributed by atoms with Gasteiger partial charge in [0.25, 0.3) is 10.0 Å². The smallest absolute Gasteiger partial charge is 0.264 e. The van der Waals surface area contributed by atoms with Gasteiger partial charge in [0.2, 0.25) is 11.8 Å². The van der Waals surface area contributed by atoms with Crippen LogP contribution in [0.5, 0.6) is 0 Å². The number of sulfonamides is 1. The molecular formula is C36H40ClN3O4S. The van der Waals surface area contributed by atoms with E-state index in [9.17, 15) is 18.0 Å². The van der Waals surface area contributed by atoms with E-state index in [1.54, 1.807) is 66.7 Å². The van der Waals surface area contributed by atoms with Crippen LogP contribution in [0.2, 0.25) is 5.02 Å². The van der Waals surface area contributed by atoms with Crippen LogP contribution in [-0.4, -0.2) is 44.3 Å². The lowest BCUT2D eigenvalue weighted by molar-refractivity contribution is -0.140. The summed E-state index contributed by atoms with van der Waals surface area (Å²) in [5.41, 5.74) is 3.81. The van der Waals surface area contributed by atoms with E-state index in [-0.39, 0.29) is 23.8 Å². The number of nitrogens with zero attached hydrogens (tertiary/aromatic N) is 2. The quantitative estimate of drug-likeness (QED) is 0.155. The Balaban J connectivity index is 1.78. The molecule has 0 aromatic heterocycles. The fraction of sp³-hybridized carbons (Fsp3) is 0.278. The predicted molar refractivity (Wildman–Crippen MR) is 181 cm³/mol. The molecule has 0 radical (unpaired) electrons. The summed E-state index contributed by atoms with van der Waals surface area (Å²) >= 11 is 6.31. The highest BCUT2D eigenvalue weighted by molar-refractivity contribution is 7.92. The molecule has 4 aromatic carbocycles. The SMILES string of the molecule is CCCCNC(=O)[C@@H](Cc1ccccc1)N(Cc1cccc(Cl)c1)C(=O)CN(c1ccc(C)cc1)S(=O)(=O)c1ccc(C)cc1. The first-order valence-corrected chi connectivity index (χ1v) is 16.9. The Morgan fingerprint density at radius 3 is 2.07 bits per heavy atom. The summed E-state index contributed by atoms with van der Waals surface area (Å²) in [5.74, 6) is -0.816. The molecule has 0 aliphatic rings. The van der Waals surface area contributed by atoms with Crippen LogP contribution >= 0.6 is 11.6 Å². The standard InChI is InChI=1S/C36H40ClN3O4S/c1-4-5-22-38-36(42)34(24-29-10-7-6-8-11-29)39(25-30-12-9-13-31(37)23-30)35(41)26-40(32-18-14-27(2)15-19-32)45(43,44)33-20-16-28(3)17-21-33/h6-21,23,34H,4-5,22,24-26H2,1-3H3,(H,38,42)/t34-/m1/s1. The van der Waals surface area contributed by atoms with Crippen molar-refractivity contribution in [3.63, 3.8) is 0 Å². The largest absolute Gasteiger partial charge is 0.354 e. The number of aryl methyl sites for hydroxylation is 2. The maximum Gasteiger partial charge on any atom is 0.264 e. The summed E-state index contributed by atoms with van der Waals surface area (Å²) < 4.78 is 29.4. The average molecular weight is 646 g/mol. The minimum atomic E-state index is -4.15. The zero-order valence-electron chi connectivity index (χ0n) is 25.9. The summed E-state index contributed by atoms with van der Waals surface area (Å²) in [6, 6.07) is 29.2. The molecule has 0 saturated carbocycles. The first-order chi connectivity index (χ1) is 21.6. The molecule has 1 atom stereocenters. The molecule has 9 heteroatoms. The number of hydrogen-bond acceptors (Lipinski definition) is 4. The third-order valence-electron chi connectivity index (χ3n) is 7.55. The molecule has 45 heavy (non-hydrogen) atoms. The third-order valence-corrected chi connectivity index (χ3v) is 9.58. The molecule has 7 nitrogen and oxygen atoms in total. The number of benzene rings is 4. The number of hydrogen-bond donors (Lipinski definition) is 1. The highest BCUT2D eigenvalue weighted by Gasteiger charge is 2.34. The molecule has 2 amide bonds. The van der Waals surface area contributed by atoms with E-state index in [1.165, 1.54) is 4.90 Å². The summed E-state index contributed by atoms with van der Waals surface area (Å²) in [5, 5.41) is 3.49. The van der Waals surface area contributed by atoms with E-state index in [4.69, 9.17) is 11.6 Å². The lowest BCUT2D eigenvalue weighted by atomic mass is 10.0. The second kappa shape index (κ2) is 15.7. The monoisotopic (exact) mass is 645 g/mol. The Hall–Kier alpha value is -4.14. The topological polar surface area (TPSA) is 86.8 Å². The molecule has 4 aromatic rings. The molecule has 0 fully saturated rings. The van der Waals surface area contributed by atoms with E-state index >= 15 is 0 Å². The van der Waals surface area contributed by atoms with Crippen LogP contribution in [0.25, 0.3) is 0 Å². The second-order valence-corrected chi connectivity index (χ2v) is 13.5.